The molecule has 0 aliphatic rings. The largest absolute Gasteiger partial charge is 0.122 e. The maximum atomic E-state index is 5.79. The van der Waals surface area contributed by atoms with Gasteiger partial charge in [0.15, 0.2) is 0 Å². The third-order valence-corrected chi connectivity index (χ3v) is 2.23. The Labute approximate surface area is 76.8 Å². The zero-order valence-corrected chi connectivity index (χ0v) is 7.31. The highest BCUT2D eigenvalue weighted by Gasteiger charge is 1.96. The summed E-state index contributed by atoms with van der Waals surface area (Å²) in [5.74, 6) is 0.565. The van der Waals surface area contributed by atoms with Gasteiger partial charge < -0.3 is 0 Å². The second-order valence-electron chi connectivity index (χ2n) is 2.68. The van der Waals surface area contributed by atoms with Crippen LogP contribution < -0.4 is 0 Å². The van der Waals surface area contributed by atoms with Gasteiger partial charge in [-0.15, -0.1) is 11.6 Å². The molecule has 0 fully saturated rings. The summed E-state index contributed by atoms with van der Waals surface area (Å²) in [5.41, 5.74) is 1.17. The van der Waals surface area contributed by atoms with E-state index in [9.17, 15) is 0 Å². The van der Waals surface area contributed by atoms with Crippen LogP contribution in [0.4, 0.5) is 0 Å². The number of fused-ring (bicyclic) bond motifs is 1. The Kier molecular flexibility index (Phi) is 2.01. The average Bonchev–Trinajstić information content (AvgIpc) is 2.17. The summed E-state index contributed by atoms with van der Waals surface area (Å²) in [7, 11) is 0. The Morgan fingerprint density at radius 3 is 2.83 bits per heavy atom. The maximum Gasteiger partial charge on any atom is 0.0480 e. The first-order valence-electron chi connectivity index (χ1n) is 3.86. The highest BCUT2D eigenvalue weighted by atomic mass is 35.5. The van der Waals surface area contributed by atoms with Crippen LogP contribution in [0.2, 0.25) is 0 Å². The van der Waals surface area contributed by atoms with E-state index >= 15 is 0 Å². The van der Waals surface area contributed by atoms with E-state index < -0.39 is 0 Å². The lowest BCUT2D eigenvalue weighted by atomic mass is 10.1. The van der Waals surface area contributed by atoms with Gasteiger partial charge in [0.2, 0.25) is 0 Å². The predicted molar refractivity (Wildman–Crippen MR) is 52.3 cm³/mol. The van der Waals surface area contributed by atoms with E-state index in [0.717, 1.165) is 5.39 Å². The van der Waals surface area contributed by atoms with Crippen LogP contribution in [0, 0.1) is 6.07 Å². The molecule has 0 aliphatic heterocycles. The predicted octanol–water partition coefficient (Wildman–Crippen LogP) is 3.38. The molecule has 0 unspecified atom stereocenters. The molecule has 0 heterocycles. The first-order chi connectivity index (χ1) is 5.92. The molecule has 0 atom stereocenters. The molecule has 0 saturated heterocycles. The van der Waals surface area contributed by atoms with Crippen LogP contribution >= 0.6 is 11.6 Å². The van der Waals surface area contributed by atoms with Crippen molar-refractivity contribution in [1.82, 2.24) is 0 Å². The second-order valence-corrected chi connectivity index (χ2v) is 2.95. The summed E-state index contributed by atoms with van der Waals surface area (Å²) < 4.78 is 0. The SMILES string of the molecule is ClCc1cc[c]c2ccccc12. The van der Waals surface area contributed by atoms with Crippen molar-refractivity contribution in [2.45, 2.75) is 5.88 Å². The molecule has 1 radical (unpaired) electrons. The number of halogens is 1. The van der Waals surface area contributed by atoms with Gasteiger partial charge in [0.1, 0.15) is 0 Å². The molecule has 0 aliphatic carbocycles. The van der Waals surface area contributed by atoms with Gasteiger partial charge in [-0.3, -0.25) is 0 Å². The Balaban J connectivity index is 2.79. The van der Waals surface area contributed by atoms with Crippen LogP contribution in [-0.4, -0.2) is 0 Å². The third-order valence-electron chi connectivity index (χ3n) is 1.94. The second kappa shape index (κ2) is 3.16. The molecule has 0 saturated carbocycles. The van der Waals surface area contributed by atoms with Crippen LogP contribution in [0.1, 0.15) is 5.56 Å². The van der Waals surface area contributed by atoms with E-state index in [0.29, 0.717) is 5.88 Å². The highest BCUT2D eigenvalue weighted by Crippen LogP contribution is 2.18. The van der Waals surface area contributed by atoms with Crippen molar-refractivity contribution >= 4 is 22.4 Å². The van der Waals surface area contributed by atoms with Crippen LogP contribution in [0.3, 0.4) is 0 Å². The molecule has 12 heavy (non-hydrogen) atoms. The molecule has 0 nitrogen and oxygen atoms in total. The molecule has 0 bridgehead atoms. The minimum atomic E-state index is 0.565. The Hall–Kier alpha value is -1.01. The lowest BCUT2D eigenvalue weighted by Gasteiger charge is -2.00. The molecule has 1 heteroatoms. The van der Waals surface area contributed by atoms with E-state index in [1.165, 1.54) is 10.9 Å². The van der Waals surface area contributed by atoms with Gasteiger partial charge in [-0.05, 0) is 22.4 Å². The third kappa shape index (κ3) is 1.19. The number of rotatable bonds is 1. The zero-order chi connectivity index (χ0) is 8.39. The Morgan fingerprint density at radius 2 is 2.00 bits per heavy atom. The molecule has 59 valence electrons. The molecule has 0 spiro atoms. The number of hydrogen-bond donors (Lipinski definition) is 0. The molecule has 0 amide bonds. The van der Waals surface area contributed by atoms with E-state index in [1.807, 2.05) is 30.3 Å². The first kappa shape index (κ1) is 7.63. The Morgan fingerprint density at radius 1 is 1.17 bits per heavy atom. The normalized spacial score (nSPS) is 10.4. The monoisotopic (exact) mass is 175 g/mol. The van der Waals surface area contributed by atoms with Gasteiger partial charge in [0.05, 0.1) is 0 Å². The quantitative estimate of drug-likeness (QED) is 0.583. The van der Waals surface area contributed by atoms with Crippen molar-refractivity contribution in [3.63, 3.8) is 0 Å². The van der Waals surface area contributed by atoms with Crippen molar-refractivity contribution in [2.24, 2.45) is 0 Å². The van der Waals surface area contributed by atoms with Gasteiger partial charge in [-0.1, -0.05) is 36.4 Å². The van der Waals surface area contributed by atoms with E-state index in [1.54, 1.807) is 0 Å². The summed E-state index contributed by atoms with van der Waals surface area (Å²) in [6.07, 6.45) is 0. The lowest BCUT2D eigenvalue weighted by molar-refractivity contribution is 1.45. The number of benzene rings is 2. The summed E-state index contributed by atoms with van der Waals surface area (Å²) in [6, 6.07) is 15.2. The van der Waals surface area contributed by atoms with Gasteiger partial charge >= 0.3 is 0 Å². The van der Waals surface area contributed by atoms with Gasteiger partial charge in [-0.25, -0.2) is 0 Å². The van der Waals surface area contributed by atoms with E-state index in [4.69, 9.17) is 11.6 Å². The Bertz CT molecular complexity index is 388. The van der Waals surface area contributed by atoms with Gasteiger partial charge in [0.25, 0.3) is 0 Å². The van der Waals surface area contributed by atoms with Crippen molar-refractivity contribution in [3.05, 3.63) is 48.0 Å². The molecule has 0 aromatic heterocycles. The van der Waals surface area contributed by atoms with E-state index in [2.05, 4.69) is 12.1 Å². The molecular formula is C11H8Cl. The van der Waals surface area contributed by atoms with E-state index in [-0.39, 0.29) is 0 Å². The summed E-state index contributed by atoms with van der Waals surface area (Å²) in [4.78, 5) is 0. The zero-order valence-electron chi connectivity index (χ0n) is 6.55. The molecular weight excluding hydrogens is 168 g/mol. The average molecular weight is 176 g/mol. The van der Waals surface area contributed by atoms with Crippen LogP contribution in [0.25, 0.3) is 10.8 Å². The smallest absolute Gasteiger partial charge is 0.0480 e. The van der Waals surface area contributed by atoms with Crippen LogP contribution in [0.5, 0.6) is 0 Å². The summed E-state index contributed by atoms with van der Waals surface area (Å²) >= 11 is 5.79. The van der Waals surface area contributed by atoms with Gasteiger partial charge in [-0.2, -0.15) is 0 Å². The summed E-state index contributed by atoms with van der Waals surface area (Å²) in [6.45, 7) is 0. The number of hydrogen-bond acceptors (Lipinski definition) is 0. The van der Waals surface area contributed by atoms with Gasteiger partial charge in [0, 0.05) is 5.88 Å². The molecule has 0 N–H and O–H groups in total. The fourth-order valence-corrected chi connectivity index (χ4v) is 1.56. The molecule has 2 rings (SSSR count). The van der Waals surface area contributed by atoms with Crippen LogP contribution in [0.15, 0.2) is 36.4 Å². The fourth-order valence-electron chi connectivity index (χ4n) is 1.33. The minimum absolute atomic E-state index is 0.565. The maximum absolute atomic E-state index is 5.79. The van der Waals surface area contributed by atoms with Crippen molar-refractivity contribution in [2.75, 3.05) is 0 Å². The highest BCUT2D eigenvalue weighted by molar-refractivity contribution is 6.18. The fraction of sp³-hybridized carbons (Fsp3) is 0.0909. The standard InChI is InChI=1S/C11H8Cl/c12-8-10-6-3-5-9-4-1-2-7-11(9)10/h1-4,6-7H,8H2. The van der Waals surface area contributed by atoms with Crippen LogP contribution in [-0.2, 0) is 5.88 Å². The first-order valence-corrected chi connectivity index (χ1v) is 4.39. The molecule has 2 aromatic rings. The number of alkyl halides is 1. The van der Waals surface area contributed by atoms with Crippen molar-refractivity contribution < 1.29 is 0 Å². The lowest BCUT2D eigenvalue weighted by Crippen LogP contribution is -1.80. The van der Waals surface area contributed by atoms with Crippen molar-refractivity contribution in [1.29, 1.82) is 0 Å². The minimum Gasteiger partial charge on any atom is -0.122 e. The summed E-state index contributed by atoms with van der Waals surface area (Å²) in [5, 5.41) is 2.34. The van der Waals surface area contributed by atoms with Crippen molar-refractivity contribution in [3.8, 4) is 0 Å². The topological polar surface area (TPSA) is 0 Å². The molecule has 2 aromatic carbocycles.